The Morgan fingerprint density at radius 1 is 1.33 bits per heavy atom. The molecule has 0 aliphatic heterocycles. The van der Waals surface area contributed by atoms with E-state index < -0.39 is 0 Å². The molecule has 0 bridgehead atoms. The van der Waals surface area contributed by atoms with Crippen LogP contribution in [0, 0.1) is 0 Å². The maximum Gasteiger partial charge on any atom is 0.101 e. The molecular formula is C14H15ClN2S. The van der Waals surface area contributed by atoms with Crippen molar-refractivity contribution in [3.63, 3.8) is 0 Å². The van der Waals surface area contributed by atoms with Crippen LogP contribution in [-0.4, -0.2) is 11.0 Å². The molecule has 0 amide bonds. The first-order valence-electron chi connectivity index (χ1n) is 5.78. The molecule has 2 nitrogen and oxygen atoms in total. The Bertz CT molecular complexity index is 514. The second kappa shape index (κ2) is 6.23. The Kier molecular flexibility index (Phi) is 4.64. The molecule has 18 heavy (non-hydrogen) atoms. The summed E-state index contributed by atoms with van der Waals surface area (Å²) in [6.07, 6.45) is 2.59. The summed E-state index contributed by atoms with van der Waals surface area (Å²) >= 11 is 7.85. The maximum absolute atomic E-state index is 6.25. The highest BCUT2D eigenvalue weighted by Gasteiger charge is 2.05. The normalized spacial score (nSPS) is 12.4. The lowest BCUT2D eigenvalue weighted by Gasteiger charge is -2.09. The highest BCUT2D eigenvalue weighted by atomic mass is 35.5. The van der Waals surface area contributed by atoms with Crippen LogP contribution in [-0.2, 0) is 6.42 Å². The van der Waals surface area contributed by atoms with E-state index in [2.05, 4.69) is 11.1 Å². The predicted molar refractivity (Wildman–Crippen MR) is 77.2 cm³/mol. The van der Waals surface area contributed by atoms with Crippen molar-refractivity contribution >= 4 is 23.4 Å². The first-order chi connectivity index (χ1) is 8.65. The standard InChI is InChI=1S/C14H15ClN2S/c1-10(16)8-11-5-6-12(9-13(11)15)18-14-4-2-3-7-17-14/h2-7,9-10H,8,16H2,1H3. The van der Waals surface area contributed by atoms with Gasteiger partial charge in [0, 0.05) is 22.2 Å². The number of pyridine rings is 1. The number of halogens is 1. The van der Waals surface area contributed by atoms with Crippen LogP contribution >= 0.6 is 23.4 Å². The summed E-state index contributed by atoms with van der Waals surface area (Å²) in [4.78, 5) is 5.36. The van der Waals surface area contributed by atoms with Gasteiger partial charge in [-0.05, 0) is 43.2 Å². The third-order valence-electron chi connectivity index (χ3n) is 2.43. The SMILES string of the molecule is CC(N)Cc1ccc(Sc2ccccn2)cc1Cl. The van der Waals surface area contributed by atoms with E-state index in [4.69, 9.17) is 17.3 Å². The fourth-order valence-electron chi connectivity index (χ4n) is 1.63. The molecule has 2 N–H and O–H groups in total. The zero-order chi connectivity index (χ0) is 13.0. The number of nitrogens with two attached hydrogens (primary N) is 1. The molecule has 1 aromatic heterocycles. The number of nitrogens with zero attached hydrogens (tertiary/aromatic N) is 1. The fourth-order valence-corrected chi connectivity index (χ4v) is 2.77. The van der Waals surface area contributed by atoms with E-state index >= 15 is 0 Å². The minimum Gasteiger partial charge on any atom is -0.328 e. The van der Waals surface area contributed by atoms with Gasteiger partial charge < -0.3 is 5.73 Å². The molecule has 1 unspecified atom stereocenters. The third-order valence-corrected chi connectivity index (χ3v) is 3.72. The quantitative estimate of drug-likeness (QED) is 0.925. The Balaban J connectivity index is 2.14. The number of hydrogen-bond donors (Lipinski definition) is 1. The number of hydrogen-bond acceptors (Lipinski definition) is 3. The number of aromatic nitrogens is 1. The van der Waals surface area contributed by atoms with Crippen molar-refractivity contribution in [3.05, 3.63) is 53.2 Å². The Labute approximate surface area is 117 Å². The summed E-state index contributed by atoms with van der Waals surface area (Å²) in [5, 5.41) is 1.74. The Morgan fingerprint density at radius 3 is 2.78 bits per heavy atom. The summed E-state index contributed by atoms with van der Waals surface area (Å²) in [6, 6.07) is 12.0. The van der Waals surface area contributed by atoms with Crippen LogP contribution in [0.1, 0.15) is 12.5 Å². The van der Waals surface area contributed by atoms with E-state index in [0.29, 0.717) is 0 Å². The third kappa shape index (κ3) is 3.73. The van der Waals surface area contributed by atoms with Crippen LogP contribution in [0.5, 0.6) is 0 Å². The zero-order valence-electron chi connectivity index (χ0n) is 10.1. The molecule has 0 radical (unpaired) electrons. The lowest BCUT2D eigenvalue weighted by Crippen LogP contribution is -2.17. The number of benzene rings is 1. The van der Waals surface area contributed by atoms with Crippen LogP contribution in [0.2, 0.25) is 5.02 Å². The fraction of sp³-hybridized carbons (Fsp3) is 0.214. The molecule has 0 aliphatic carbocycles. The van der Waals surface area contributed by atoms with Crippen LogP contribution in [0.15, 0.2) is 52.5 Å². The van der Waals surface area contributed by atoms with Gasteiger partial charge in [0.25, 0.3) is 0 Å². The monoisotopic (exact) mass is 278 g/mol. The van der Waals surface area contributed by atoms with Gasteiger partial charge in [-0.1, -0.05) is 35.5 Å². The summed E-state index contributed by atoms with van der Waals surface area (Å²) in [5.74, 6) is 0. The van der Waals surface area contributed by atoms with Crippen molar-refractivity contribution < 1.29 is 0 Å². The second-order valence-corrected chi connectivity index (χ2v) is 5.71. The van der Waals surface area contributed by atoms with E-state index in [0.717, 1.165) is 26.9 Å². The van der Waals surface area contributed by atoms with Crippen molar-refractivity contribution in [3.8, 4) is 0 Å². The summed E-state index contributed by atoms with van der Waals surface area (Å²) < 4.78 is 0. The zero-order valence-corrected chi connectivity index (χ0v) is 11.7. The maximum atomic E-state index is 6.25. The Hall–Kier alpha value is -1.03. The van der Waals surface area contributed by atoms with Gasteiger partial charge in [-0.15, -0.1) is 0 Å². The topological polar surface area (TPSA) is 38.9 Å². The highest BCUT2D eigenvalue weighted by Crippen LogP contribution is 2.29. The summed E-state index contributed by atoms with van der Waals surface area (Å²) in [7, 11) is 0. The van der Waals surface area contributed by atoms with Crippen molar-refractivity contribution in [1.82, 2.24) is 4.98 Å². The van der Waals surface area contributed by atoms with Crippen molar-refractivity contribution in [2.75, 3.05) is 0 Å². The largest absolute Gasteiger partial charge is 0.328 e. The summed E-state index contributed by atoms with van der Waals surface area (Å²) in [5.41, 5.74) is 6.88. The van der Waals surface area contributed by atoms with E-state index in [-0.39, 0.29) is 6.04 Å². The van der Waals surface area contributed by atoms with E-state index in [1.807, 2.05) is 37.3 Å². The molecule has 0 fully saturated rings. The smallest absolute Gasteiger partial charge is 0.101 e. The lowest BCUT2D eigenvalue weighted by molar-refractivity contribution is 0.738. The predicted octanol–water partition coefficient (Wildman–Crippen LogP) is 3.78. The average molecular weight is 279 g/mol. The minimum absolute atomic E-state index is 0.122. The van der Waals surface area contributed by atoms with E-state index in [1.54, 1.807) is 18.0 Å². The first-order valence-corrected chi connectivity index (χ1v) is 6.97. The van der Waals surface area contributed by atoms with Crippen LogP contribution in [0.4, 0.5) is 0 Å². The van der Waals surface area contributed by atoms with Gasteiger partial charge in [0.1, 0.15) is 5.03 Å². The van der Waals surface area contributed by atoms with Crippen molar-refractivity contribution in [2.24, 2.45) is 5.73 Å². The molecule has 2 aromatic rings. The number of rotatable bonds is 4. The van der Waals surface area contributed by atoms with Crippen molar-refractivity contribution in [1.29, 1.82) is 0 Å². The van der Waals surface area contributed by atoms with E-state index in [1.165, 1.54) is 0 Å². The molecule has 1 atom stereocenters. The van der Waals surface area contributed by atoms with Gasteiger partial charge in [0.05, 0.1) is 0 Å². The highest BCUT2D eigenvalue weighted by molar-refractivity contribution is 7.99. The molecule has 1 aromatic carbocycles. The van der Waals surface area contributed by atoms with Crippen LogP contribution in [0.25, 0.3) is 0 Å². The molecule has 0 saturated carbocycles. The summed E-state index contributed by atoms with van der Waals surface area (Å²) in [6.45, 7) is 1.98. The van der Waals surface area contributed by atoms with Gasteiger partial charge in [-0.3, -0.25) is 0 Å². The molecule has 0 aliphatic rings. The first kappa shape index (κ1) is 13.4. The lowest BCUT2D eigenvalue weighted by atomic mass is 10.1. The van der Waals surface area contributed by atoms with Crippen molar-refractivity contribution in [2.45, 2.75) is 29.3 Å². The van der Waals surface area contributed by atoms with Gasteiger partial charge in [-0.2, -0.15) is 0 Å². The molecule has 1 heterocycles. The minimum atomic E-state index is 0.122. The van der Waals surface area contributed by atoms with E-state index in [9.17, 15) is 0 Å². The Morgan fingerprint density at radius 2 is 2.17 bits per heavy atom. The van der Waals surface area contributed by atoms with Gasteiger partial charge >= 0.3 is 0 Å². The van der Waals surface area contributed by atoms with Crippen LogP contribution < -0.4 is 5.73 Å². The molecule has 94 valence electrons. The van der Waals surface area contributed by atoms with Gasteiger partial charge in [0.15, 0.2) is 0 Å². The average Bonchev–Trinajstić information content (AvgIpc) is 2.33. The van der Waals surface area contributed by atoms with Gasteiger partial charge in [0.2, 0.25) is 0 Å². The van der Waals surface area contributed by atoms with Gasteiger partial charge in [-0.25, -0.2) is 4.98 Å². The second-order valence-electron chi connectivity index (χ2n) is 4.20. The molecule has 0 saturated heterocycles. The molecule has 0 spiro atoms. The molecular weight excluding hydrogens is 264 g/mol. The molecule has 4 heteroatoms. The van der Waals surface area contributed by atoms with Crippen LogP contribution in [0.3, 0.4) is 0 Å². The molecule has 2 rings (SSSR count).